The van der Waals surface area contributed by atoms with E-state index in [0.717, 1.165) is 0 Å². The van der Waals surface area contributed by atoms with Crippen LogP contribution in [0, 0.1) is 0 Å². The Labute approximate surface area is 141 Å². The summed E-state index contributed by atoms with van der Waals surface area (Å²) in [4.78, 5) is 34.9. The molecule has 0 aromatic heterocycles. The van der Waals surface area contributed by atoms with E-state index in [1.807, 2.05) is 20.8 Å². The number of nitrogens with one attached hydrogen (secondary N) is 4. The predicted molar refractivity (Wildman–Crippen MR) is 91.7 cm³/mol. The van der Waals surface area contributed by atoms with Gasteiger partial charge in [0.1, 0.15) is 12.6 Å². The lowest BCUT2D eigenvalue weighted by Gasteiger charge is -2.21. The molecule has 8 nitrogen and oxygen atoms in total. The van der Waals surface area contributed by atoms with Crippen molar-refractivity contribution in [2.24, 2.45) is 0 Å². The summed E-state index contributed by atoms with van der Waals surface area (Å²) in [5, 5.41) is 19.1. The van der Waals surface area contributed by atoms with Crippen LogP contribution >= 0.6 is 0 Å². The molecule has 0 heterocycles. The third-order valence-electron chi connectivity index (χ3n) is 2.79. The third kappa shape index (κ3) is 7.10. The van der Waals surface area contributed by atoms with Crippen LogP contribution in [0.5, 0.6) is 0 Å². The van der Waals surface area contributed by atoms with E-state index in [0.29, 0.717) is 11.4 Å². The maximum Gasteiger partial charge on any atom is 0.321 e. The highest BCUT2D eigenvalue weighted by atomic mass is 16.3. The third-order valence-corrected chi connectivity index (χ3v) is 2.79. The number of hydrogen-bond acceptors (Lipinski definition) is 5. The lowest BCUT2D eigenvalue weighted by atomic mass is 10.1. The molecule has 0 saturated heterocycles. The van der Waals surface area contributed by atoms with E-state index in [4.69, 9.17) is 5.11 Å². The second kappa shape index (κ2) is 8.30. The molecular formula is C16H24N4O4. The molecule has 0 spiro atoms. The summed E-state index contributed by atoms with van der Waals surface area (Å²) in [6.07, 6.45) is 0. The molecule has 1 aromatic rings. The standard InChI is InChI=1S/C16H24N4O4/c1-10(14(23)19-15(24)20-16(2,3)4)17-11-6-5-7-12(8-11)18-13(22)9-21/h5-8,10,17,21H,9H2,1-4H3,(H,18,22)(H2,19,20,23,24). The van der Waals surface area contributed by atoms with Gasteiger partial charge < -0.3 is 21.1 Å². The molecule has 0 fully saturated rings. The quantitative estimate of drug-likeness (QED) is 0.550. The Morgan fingerprint density at radius 2 is 1.79 bits per heavy atom. The minimum absolute atomic E-state index is 0.444. The monoisotopic (exact) mass is 336 g/mol. The minimum Gasteiger partial charge on any atom is -0.387 e. The van der Waals surface area contributed by atoms with Gasteiger partial charge in [-0.3, -0.25) is 14.9 Å². The van der Waals surface area contributed by atoms with Crippen LogP contribution in [0.25, 0.3) is 0 Å². The van der Waals surface area contributed by atoms with Crippen molar-refractivity contribution in [1.82, 2.24) is 10.6 Å². The van der Waals surface area contributed by atoms with E-state index in [9.17, 15) is 14.4 Å². The molecule has 0 saturated carbocycles. The first kappa shape index (κ1) is 19.4. The Morgan fingerprint density at radius 3 is 2.38 bits per heavy atom. The zero-order valence-electron chi connectivity index (χ0n) is 14.3. The van der Waals surface area contributed by atoms with Crippen molar-refractivity contribution in [1.29, 1.82) is 0 Å². The van der Waals surface area contributed by atoms with Gasteiger partial charge in [0.15, 0.2) is 0 Å². The molecule has 24 heavy (non-hydrogen) atoms. The molecular weight excluding hydrogens is 312 g/mol. The highest BCUT2D eigenvalue weighted by Gasteiger charge is 2.19. The summed E-state index contributed by atoms with van der Waals surface area (Å²) >= 11 is 0. The van der Waals surface area contributed by atoms with E-state index >= 15 is 0 Å². The van der Waals surface area contributed by atoms with Gasteiger partial charge in [-0.25, -0.2) is 4.79 Å². The fraction of sp³-hybridized carbons (Fsp3) is 0.438. The molecule has 5 N–H and O–H groups in total. The molecule has 1 aromatic carbocycles. The lowest BCUT2D eigenvalue weighted by Crippen LogP contribution is -2.51. The van der Waals surface area contributed by atoms with Crippen molar-refractivity contribution < 1.29 is 19.5 Å². The Hall–Kier alpha value is -2.61. The minimum atomic E-state index is -0.667. The molecule has 1 rings (SSSR count). The van der Waals surface area contributed by atoms with Gasteiger partial charge >= 0.3 is 6.03 Å². The Kier molecular flexibility index (Phi) is 6.72. The highest BCUT2D eigenvalue weighted by molar-refractivity contribution is 5.98. The van der Waals surface area contributed by atoms with E-state index in [1.54, 1.807) is 31.2 Å². The van der Waals surface area contributed by atoms with Crippen LogP contribution in [0.3, 0.4) is 0 Å². The molecule has 8 heteroatoms. The van der Waals surface area contributed by atoms with Gasteiger partial charge in [-0.1, -0.05) is 6.07 Å². The molecule has 0 aliphatic carbocycles. The van der Waals surface area contributed by atoms with E-state index in [-0.39, 0.29) is 0 Å². The molecule has 0 aliphatic rings. The Balaban J connectivity index is 2.62. The number of urea groups is 1. The second-order valence-corrected chi connectivity index (χ2v) is 6.35. The largest absolute Gasteiger partial charge is 0.387 e. The molecule has 4 amide bonds. The van der Waals surface area contributed by atoms with Gasteiger partial charge in [-0.2, -0.15) is 0 Å². The van der Waals surface area contributed by atoms with Gasteiger partial charge in [0.05, 0.1) is 0 Å². The number of carbonyl (C=O) groups excluding carboxylic acids is 3. The number of amides is 4. The van der Waals surface area contributed by atoms with E-state index < -0.39 is 36.0 Å². The van der Waals surface area contributed by atoms with Gasteiger partial charge in [0.25, 0.3) is 0 Å². The highest BCUT2D eigenvalue weighted by Crippen LogP contribution is 2.16. The molecule has 0 bridgehead atoms. The van der Waals surface area contributed by atoms with Gasteiger partial charge in [0, 0.05) is 16.9 Å². The molecule has 0 aliphatic heterocycles. The number of anilines is 2. The number of carbonyl (C=O) groups is 3. The topological polar surface area (TPSA) is 120 Å². The van der Waals surface area contributed by atoms with E-state index in [2.05, 4.69) is 21.3 Å². The first-order chi connectivity index (χ1) is 11.1. The van der Waals surface area contributed by atoms with Crippen molar-refractivity contribution in [3.8, 4) is 0 Å². The first-order valence-corrected chi connectivity index (χ1v) is 7.51. The first-order valence-electron chi connectivity index (χ1n) is 7.51. The SMILES string of the molecule is CC(Nc1cccc(NC(=O)CO)c1)C(=O)NC(=O)NC(C)(C)C. The average Bonchev–Trinajstić information content (AvgIpc) is 2.45. The maximum atomic E-state index is 12.0. The number of hydrogen-bond donors (Lipinski definition) is 5. The maximum absolute atomic E-state index is 12.0. The summed E-state index contributed by atoms with van der Waals surface area (Å²) in [5.41, 5.74) is 0.627. The number of aliphatic hydroxyl groups excluding tert-OH is 1. The van der Waals surface area contributed by atoms with E-state index in [1.165, 1.54) is 0 Å². The Bertz CT molecular complexity index is 610. The van der Waals surface area contributed by atoms with Crippen molar-refractivity contribution >= 4 is 29.2 Å². The van der Waals surface area contributed by atoms with Crippen molar-refractivity contribution in [2.75, 3.05) is 17.2 Å². The average molecular weight is 336 g/mol. The summed E-state index contributed by atoms with van der Waals surface area (Å²) in [5.74, 6) is -1.02. The van der Waals surface area contributed by atoms with Crippen LogP contribution in [0.1, 0.15) is 27.7 Å². The second-order valence-electron chi connectivity index (χ2n) is 6.35. The molecule has 1 atom stereocenters. The van der Waals surface area contributed by atoms with Gasteiger partial charge in [-0.05, 0) is 45.9 Å². The normalized spacial score (nSPS) is 12.0. The molecule has 1 unspecified atom stereocenters. The summed E-state index contributed by atoms with van der Waals surface area (Å²) < 4.78 is 0. The molecule has 132 valence electrons. The van der Waals surface area contributed by atoms with Crippen LogP contribution in [0.2, 0.25) is 0 Å². The van der Waals surface area contributed by atoms with Crippen molar-refractivity contribution in [3.63, 3.8) is 0 Å². The Morgan fingerprint density at radius 1 is 1.17 bits per heavy atom. The van der Waals surface area contributed by atoms with Crippen LogP contribution < -0.4 is 21.3 Å². The predicted octanol–water partition coefficient (Wildman–Crippen LogP) is 1.04. The van der Waals surface area contributed by atoms with Crippen molar-refractivity contribution in [3.05, 3.63) is 24.3 Å². The van der Waals surface area contributed by atoms with Crippen LogP contribution in [-0.2, 0) is 9.59 Å². The number of imide groups is 1. The fourth-order valence-corrected chi connectivity index (χ4v) is 1.79. The van der Waals surface area contributed by atoms with Crippen LogP contribution in [-0.4, -0.2) is 41.1 Å². The van der Waals surface area contributed by atoms with Crippen LogP contribution in [0.4, 0.5) is 16.2 Å². The summed E-state index contributed by atoms with van der Waals surface area (Å²) in [7, 11) is 0. The lowest BCUT2D eigenvalue weighted by molar-refractivity contribution is -0.120. The number of aliphatic hydroxyl groups is 1. The smallest absolute Gasteiger partial charge is 0.321 e. The summed E-state index contributed by atoms with van der Waals surface area (Å²) in [6, 6.07) is 5.44. The number of benzene rings is 1. The zero-order chi connectivity index (χ0) is 18.3. The number of rotatable bonds is 5. The fourth-order valence-electron chi connectivity index (χ4n) is 1.79. The van der Waals surface area contributed by atoms with Crippen LogP contribution in [0.15, 0.2) is 24.3 Å². The molecule has 0 radical (unpaired) electrons. The van der Waals surface area contributed by atoms with Gasteiger partial charge in [-0.15, -0.1) is 0 Å². The van der Waals surface area contributed by atoms with Crippen molar-refractivity contribution in [2.45, 2.75) is 39.3 Å². The zero-order valence-corrected chi connectivity index (χ0v) is 14.3. The summed E-state index contributed by atoms with van der Waals surface area (Å²) in [6.45, 7) is 6.43. The van der Waals surface area contributed by atoms with Gasteiger partial charge in [0.2, 0.25) is 11.8 Å².